The van der Waals surface area contributed by atoms with Crippen LogP contribution in [-0.4, -0.2) is 36.6 Å². The van der Waals surface area contributed by atoms with Gasteiger partial charge < -0.3 is 0 Å². The summed E-state index contributed by atoms with van der Waals surface area (Å²) in [5.74, 6) is 0.222. The van der Waals surface area contributed by atoms with Crippen LogP contribution in [0.4, 0.5) is 0 Å². The van der Waals surface area contributed by atoms with Crippen LogP contribution in [0.25, 0.3) is 0 Å². The smallest absolute Gasteiger partial charge is 0.276 e. The Morgan fingerprint density at radius 1 is 1.09 bits per heavy atom. The Morgan fingerprint density at radius 2 is 1.77 bits per heavy atom. The van der Waals surface area contributed by atoms with Crippen LogP contribution in [-0.2, 0) is 10.2 Å². The summed E-state index contributed by atoms with van der Waals surface area (Å²) in [7, 11) is -3.64. The van der Waals surface area contributed by atoms with E-state index in [1.54, 1.807) is 12.3 Å². The molecule has 4 rings (SSSR count). The number of hydrogen-bond donors (Lipinski definition) is 1. The number of ketones is 1. The van der Waals surface area contributed by atoms with Crippen molar-refractivity contribution in [3.05, 3.63) is 99.3 Å². The Labute approximate surface area is 212 Å². The topological polar surface area (TPSA) is 93.4 Å². The van der Waals surface area contributed by atoms with Crippen LogP contribution in [0.3, 0.4) is 0 Å². The minimum absolute atomic E-state index is 0.0642. The van der Waals surface area contributed by atoms with Crippen LogP contribution in [0.15, 0.2) is 60.8 Å². The predicted molar refractivity (Wildman–Crippen MR) is 139 cm³/mol. The number of aryl methyl sites for hydroxylation is 2. The van der Waals surface area contributed by atoms with Gasteiger partial charge in [0.25, 0.3) is 10.2 Å². The highest BCUT2D eigenvalue weighted by atomic mass is 35.5. The molecule has 0 radical (unpaired) electrons. The first-order valence-corrected chi connectivity index (χ1v) is 13.6. The number of aromatic nitrogens is 1. The number of halogens is 1. The molecule has 184 valence electrons. The zero-order chi connectivity index (χ0) is 25.2. The van der Waals surface area contributed by atoms with Crippen molar-refractivity contribution in [2.75, 3.05) is 13.1 Å². The van der Waals surface area contributed by atoms with Crippen molar-refractivity contribution in [3.8, 4) is 0 Å². The van der Waals surface area contributed by atoms with E-state index in [1.807, 2.05) is 38.1 Å². The number of nitrogens with zero attached hydrogens (tertiary/aromatic N) is 2. The maximum absolute atomic E-state index is 13.2. The lowest BCUT2D eigenvalue weighted by Gasteiger charge is -2.30. The number of nitrogens with two attached hydrogens (primary N) is 1. The first-order valence-electron chi connectivity index (χ1n) is 11.7. The lowest BCUT2D eigenvalue weighted by atomic mass is 9.82. The summed E-state index contributed by atoms with van der Waals surface area (Å²) in [6.45, 7) is 4.75. The molecule has 3 aromatic rings. The van der Waals surface area contributed by atoms with Crippen molar-refractivity contribution in [2.45, 2.75) is 44.9 Å². The number of carbonyl (C=O) groups excluding carboxylic acids is 1. The van der Waals surface area contributed by atoms with E-state index in [4.69, 9.17) is 16.7 Å². The molecule has 0 amide bonds. The Bertz CT molecular complexity index is 1320. The minimum atomic E-state index is -3.64. The van der Waals surface area contributed by atoms with Gasteiger partial charge in [0, 0.05) is 47.9 Å². The maximum Gasteiger partial charge on any atom is 0.276 e. The quantitative estimate of drug-likeness (QED) is 0.444. The zero-order valence-corrected chi connectivity index (χ0v) is 21.5. The summed E-state index contributed by atoms with van der Waals surface area (Å²) in [5, 5.41) is 5.94. The lowest BCUT2D eigenvalue weighted by Crippen LogP contribution is -2.41. The standard InChI is InChI=1S/C27H30ClN3O3S/c1-18-15-24(28)7-8-25(18)26(17-27(32)23-9-12-30-19(2)16-23)22-5-3-20(4-6-22)21-10-13-31(14-11-21)35(29,33)34/h3-9,12,15-16,21,26H,10-11,13-14,17H2,1-2H3,(H2,29,33,34). The molecule has 0 spiro atoms. The van der Waals surface area contributed by atoms with Gasteiger partial charge in [-0.1, -0.05) is 41.9 Å². The summed E-state index contributed by atoms with van der Waals surface area (Å²) in [4.78, 5) is 17.4. The van der Waals surface area contributed by atoms with Gasteiger partial charge in [0.15, 0.2) is 5.78 Å². The van der Waals surface area contributed by atoms with Gasteiger partial charge in [0.2, 0.25) is 0 Å². The molecule has 35 heavy (non-hydrogen) atoms. The number of carbonyl (C=O) groups is 1. The van der Waals surface area contributed by atoms with Crippen LogP contribution in [0.1, 0.15) is 69.4 Å². The van der Waals surface area contributed by atoms with E-state index in [1.165, 1.54) is 9.87 Å². The van der Waals surface area contributed by atoms with E-state index in [0.29, 0.717) is 30.1 Å². The van der Waals surface area contributed by atoms with E-state index in [0.717, 1.165) is 35.2 Å². The highest BCUT2D eigenvalue weighted by molar-refractivity contribution is 7.86. The second kappa shape index (κ2) is 10.6. The number of benzene rings is 2. The summed E-state index contributed by atoms with van der Waals surface area (Å²) in [6.07, 6.45) is 3.46. The average Bonchev–Trinajstić information content (AvgIpc) is 2.82. The highest BCUT2D eigenvalue weighted by Crippen LogP contribution is 2.35. The fraction of sp³-hybridized carbons (Fsp3) is 0.333. The molecular weight excluding hydrogens is 482 g/mol. The van der Waals surface area contributed by atoms with Gasteiger partial charge in [-0.3, -0.25) is 9.78 Å². The SMILES string of the molecule is Cc1cc(C(=O)CC(c2ccc(C3CCN(S(N)(=O)=O)CC3)cc2)c2ccc(Cl)cc2C)ccn1. The first kappa shape index (κ1) is 25.5. The molecule has 0 bridgehead atoms. The molecule has 1 aromatic heterocycles. The Hall–Kier alpha value is -2.58. The van der Waals surface area contributed by atoms with Crippen LogP contribution in [0.2, 0.25) is 5.02 Å². The van der Waals surface area contributed by atoms with Gasteiger partial charge in [-0.2, -0.15) is 12.7 Å². The number of rotatable bonds is 7. The number of pyridine rings is 1. The van der Waals surface area contributed by atoms with Crippen LogP contribution in [0.5, 0.6) is 0 Å². The third-order valence-electron chi connectivity index (χ3n) is 6.84. The summed E-state index contributed by atoms with van der Waals surface area (Å²) in [6, 6.07) is 17.8. The van der Waals surface area contributed by atoms with Gasteiger partial charge in [-0.05, 0) is 79.1 Å². The fourth-order valence-corrected chi connectivity index (χ4v) is 5.85. The molecule has 1 fully saturated rings. The molecular formula is C27H30ClN3O3S. The average molecular weight is 512 g/mol. The van der Waals surface area contributed by atoms with Crippen molar-refractivity contribution in [1.82, 2.24) is 9.29 Å². The van der Waals surface area contributed by atoms with E-state index in [9.17, 15) is 13.2 Å². The third kappa shape index (κ3) is 6.16. The number of piperidine rings is 1. The zero-order valence-electron chi connectivity index (χ0n) is 19.9. The molecule has 8 heteroatoms. The summed E-state index contributed by atoms with van der Waals surface area (Å²) < 4.78 is 24.5. The monoisotopic (exact) mass is 511 g/mol. The Kier molecular flexibility index (Phi) is 7.71. The van der Waals surface area contributed by atoms with Crippen molar-refractivity contribution < 1.29 is 13.2 Å². The summed E-state index contributed by atoms with van der Waals surface area (Å²) in [5.41, 5.74) is 5.81. The van der Waals surface area contributed by atoms with Gasteiger partial charge >= 0.3 is 0 Å². The third-order valence-corrected chi connectivity index (χ3v) is 8.16. The van der Waals surface area contributed by atoms with E-state index in [-0.39, 0.29) is 17.6 Å². The highest BCUT2D eigenvalue weighted by Gasteiger charge is 2.27. The van der Waals surface area contributed by atoms with Crippen LogP contribution < -0.4 is 5.14 Å². The molecule has 1 unspecified atom stereocenters. The van der Waals surface area contributed by atoms with Crippen molar-refractivity contribution in [3.63, 3.8) is 0 Å². The molecule has 0 aliphatic carbocycles. The van der Waals surface area contributed by atoms with Gasteiger partial charge in [-0.25, -0.2) is 5.14 Å². The van der Waals surface area contributed by atoms with Crippen molar-refractivity contribution in [2.24, 2.45) is 5.14 Å². The Morgan fingerprint density at radius 3 is 2.37 bits per heavy atom. The number of hydrogen-bond acceptors (Lipinski definition) is 4. The lowest BCUT2D eigenvalue weighted by molar-refractivity contribution is 0.0977. The first-order chi connectivity index (χ1) is 16.6. The molecule has 1 aliphatic rings. The largest absolute Gasteiger partial charge is 0.294 e. The summed E-state index contributed by atoms with van der Waals surface area (Å²) >= 11 is 6.21. The second-order valence-corrected chi connectivity index (χ2v) is 11.2. The fourth-order valence-electron chi connectivity index (χ4n) is 4.90. The number of Topliss-reactive ketones (excluding diaryl/α,β-unsaturated/α-hetero) is 1. The van der Waals surface area contributed by atoms with Gasteiger partial charge in [-0.15, -0.1) is 0 Å². The molecule has 6 nitrogen and oxygen atoms in total. The molecule has 1 saturated heterocycles. The normalized spacial score (nSPS) is 16.2. The van der Waals surface area contributed by atoms with Gasteiger partial charge in [0.05, 0.1) is 0 Å². The van der Waals surface area contributed by atoms with Crippen molar-refractivity contribution in [1.29, 1.82) is 0 Å². The maximum atomic E-state index is 13.2. The predicted octanol–water partition coefficient (Wildman–Crippen LogP) is 5.14. The van der Waals surface area contributed by atoms with Crippen molar-refractivity contribution >= 4 is 27.6 Å². The second-order valence-electron chi connectivity index (χ2n) is 9.25. The van der Waals surface area contributed by atoms with E-state index >= 15 is 0 Å². The van der Waals surface area contributed by atoms with Crippen LogP contribution in [0, 0.1) is 13.8 Å². The van der Waals surface area contributed by atoms with E-state index < -0.39 is 10.2 Å². The van der Waals surface area contributed by atoms with Crippen LogP contribution >= 0.6 is 11.6 Å². The molecule has 2 N–H and O–H groups in total. The van der Waals surface area contributed by atoms with E-state index in [2.05, 4.69) is 29.2 Å². The molecule has 1 atom stereocenters. The molecule has 2 aromatic carbocycles. The molecule has 1 aliphatic heterocycles. The minimum Gasteiger partial charge on any atom is -0.294 e. The van der Waals surface area contributed by atoms with Gasteiger partial charge in [0.1, 0.15) is 0 Å². The Balaban J connectivity index is 1.59. The molecule has 2 heterocycles. The molecule has 0 saturated carbocycles.